The molecule has 2 nitrogen and oxygen atoms in total. The van der Waals surface area contributed by atoms with Crippen molar-refractivity contribution in [2.24, 2.45) is 5.41 Å². The molecule has 102 valence electrons. The molecule has 0 heterocycles. The number of methoxy groups -OCH3 is 1. The van der Waals surface area contributed by atoms with Crippen LogP contribution >= 0.6 is 0 Å². The van der Waals surface area contributed by atoms with Gasteiger partial charge in [-0.2, -0.15) is 0 Å². The van der Waals surface area contributed by atoms with Gasteiger partial charge in [0.05, 0.1) is 5.60 Å². The van der Waals surface area contributed by atoms with Gasteiger partial charge in [-0.3, -0.25) is 0 Å². The highest BCUT2D eigenvalue weighted by molar-refractivity contribution is 4.98. The lowest BCUT2D eigenvalue weighted by Gasteiger charge is -2.47. The lowest BCUT2D eigenvalue weighted by atomic mass is 9.68. The van der Waals surface area contributed by atoms with Gasteiger partial charge >= 0.3 is 0 Å². The molecule has 1 unspecified atom stereocenters. The summed E-state index contributed by atoms with van der Waals surface area (Å²) in [7, 11) is 3.98. The number of ether oxygens (including phenoxy) is 1. The Morgan fingerprint density at radius 1 is 1.18 bits per heavy atom. The zero-order valence-electron chi connectivity index (χ0n) is 12.4. The van der Waals surface area contributed by atoms with E-state index in [4.69, 9.17) is 4.74 Å². The van der Waals surface area contributed by atoms with Crippen LogP contribution in [0.25, 0.3) is 0 Å². The largest absolute Gasteiger partial charge is 0.377 e. The number of nitrogens with one attached hydrogen (secondary N) is 1. The molecule has 1 saturated carbocycles. The Labute approximate surface area is 108 Å². The second kappa shape index (κ2) is 6.19. The van der Waals surface area contributed by atoms with Gasteiger partial charge in [0, 0.05) is 13.2 Å². The predicted octanol–water partition coefficient (Wildman–Crippen LogP) is 3.75. The van der Waals surface area contributed by atoms with Crippen LogP contribution in [-0.4, -0.2) is 25.8 Å². The minimum atomic E-state index is 0.0828. The standard InChI is InChI=1S/C15H31NO/c1-6-7-8-13(16-4)15(17-5)11-9-14(2,3)10-12-15/h13,16H,6-12H2,1-5H3. The molecule has 0 aromatic heterocycles. The highest BCUT2D eigenvalue weighted by atomic mass is 16.5. The van der Waals surface area contributed by atoms with Crippen LogP contribution < -0.4 is 5.32 Å². The highest BCUT2D eigenvalue weighted by Crippen LogP contribution is 2.44. The van der Waals surface area contributed by atoms with E-state index in [1.807, 2.05) is 7.11 Å². The summed E-state index contributed by atoms with van der Waals surface area (Å²) in [5.74, 6) is 0. The van der Waals surface area contributed by atoms with E-state index in [9.17, 15) is 0 Å². The number of likely N-dealkylation sites (N-methyl/N-ethyl adjacent to an activating group) is 1. The molecule has 0 spiro atoms. The van der Waals surface area contributed by atoms with Gasteiger partial charge in [-0.15, -0.1) is 0 Å². The number of unbranched alkanes of at least 4 members (excludes halogenated alkanes) is 1. The molecule has 1 aliphatic carbocycles. The number of rotatable bonds is 6. The Hall–Kier alpha value is -0.0800. The summed E-state index contributed by atoms with van der Waals surface area (Å²) in [6.07, 6.45) is 8.76. The van der Waals surface area contributed by atoms with Crippen LogP contribution in [0.2, 0.25) is 0 Å². The topological polar surface area (TPSA) is 21.3 Å². The summed E-state index contributed by atoms with van der Waals surface area (Å²) in [5.41, 5.74) is 0.588. The second-order valence-electron chi connectivity index (χ2n) is 6.42. The molecule has 1 fully saturated rings. The molecule has 2 heteroatoms. The molecule has 0 aromatic carbocycles. The van der Waals surface area contributed by atoms with Crippen molar-refractivity contribution >= 4 is 0 Å². The van der Waals surface area contributed by atoms with E-state index in [1.165, 1.54) is 44.9 Å². The van der Waals surface area contributed by atoms with Crippen molar-refractivity contribution in [1.29, 1.82) is 0 Å². The van der Waals surface area contributed by atoms with Gasteiger partial charge in [-0.25, -0.2) is 0 Å². The SMILES string of the molecule is CCCCC(NC)C1(OC)CCC(C)(C)CC1. The van der Waals surface area contributed by atoms with Crippen LogP contribution in [0.1, 0.15) is 65.7 Å². The summed E-state index contributed by atoms with van der Waals surface area (Å²) >= 11 is 0. The van der Waals surface area contributed by atoms with Crippen molar-refractivity contribution in [3.8, 4) is 0 Å². The minimum absolute atomic E-state index is 0.0828. The molecule has 1 aliphatic rings. The summed E-state index contributed by atoms with van der Waals surface area (Å²) in [4.78, 5) is 0. The third-order valence-electron chi connectivity index (χ3n) is 4.69. The van der Waals surface area contributed by atoms with Crippen molar-refractivity contribution in [3.05, 3.63) is 0 Å². The maximum absolute atomic E-state index is 5.96. The molecule has 1 atom stereocenters. The van der Waals surface area contributed by atoms with Crippen LogP contribution in [-0.2, 0) is 4.74 Å². The molecular formula is C15H31NO. The minimum Gasteiger partial charge on any atom is -0.377 e. The first-order valence-corrected chi connectivity index (χ1v) is 7.22. The Bertz CT molecular complexity index is 215. The molecule has 0 radical (unpaired) electrons. The van der Waals surface area contributed by atoms with Crippen LogP contribution in [0.5, 0.6) is 0 Å². The molecule has 0 aromatic rings. The number of hydrogen-bond donors (Lipinski definition) is 1. The van der Waals surface area contributed by atoms with E-state index < -0.39 is 0 Å². The monoisotopic (exact) mass is 241 g/mol. The van der Waals surface area contributed by atoms with Gasteiger partial charge in [0.25, 0.3) is 0 Å². The molecular weight excluding hydrogens is 210 g/mol. The average Bonchev–Trinajstić information content (AvgIpc) is 2.32. The van der Waals surface area contributed by atoms with Crippen molar-refractivity contribution in [1.82, 2.24) is 5.32 Å². The van der Waals surface area contributed by atoms with Crippen LogP contribution in [0.4, 0.5) is 0 Å². The molecule has 1 rings (SSSR count). The molecule has 0 aliphatic heterocycles. The van der Waals surface area contributed by atoms with Crippen LogP contribution in [0.3, 0.4) is 0 Å². The maximum atomic E-state index is 5.96. The Balaban J connectivity index is 2.67. The van der Waals surface area contributed by atoms with Crippen molar-refractivity contribution in [2.45, 2.75) is 77.4 Å². The third-order valence-corrected chi connectivity index (χ3v) is 4.69. The van der Waals surface area contributed by atoms with Gasteiger partial charge in [0.15, 0.2) is 0 Å². The maximum Gasteiger partial charge on any atom is 0.0831 e. The lowest BCUT2D eigenvalue weighted by Crippen LogP contribution is -2.53. The molecule has 17 heavy (non-hydrogen) atoms. The predicted molar refractivity (Wildman–Crippen MR) is 74.4 cm³/mol. The quantitative estimate of drug-likeness (QED) is 0.764. The summed E-state index contributed by atoms with van der Waals surface area (Å²) in [5, 5.41) is 3.50. The van der Waals surface area contributed by atoms with E-state index in [1.54, 1.807) is 0 Å². The zero-order valence-corrected chi connectivity index (χ0v) is 12.4. The van der Waals surface area contributed by atoms with Crippen molar-refractivity contribution in [2.75, 3.05) is 14.2 Å². The smallest absolute Gasteiger partial charge is 0.0831 e. The zero-order chi connectivity index (χ0) is 12.9. The molecule has 0 bridgehead atoms. The molecule has 1 N–H and O–H groups in total. The van der Waals surface area contributed by atoms with Crippen LogP contribution in [0.15, 0.2) is 0 Å². The fourth-order valence-corrected chi connectivity index (χ4v) is 3.12. The van der Waals surface area contributed by atoms with Gasteiger partial charge in [0.1, 0.15) is 0 Å². The third kappa shape index (κ3) is 3.69. The van der Waals surface area contributed by atoms with E-state index in [0.29, 0.717) is 11.5 Å². The normalized spacial score (nSPS) is 24.5. The highest BCUT2D eigenvalue weighted by Gasteiger charge is 2.43. The first-order chi connectivity index (χ1) is 7.99. The van der Waals surface area contributed by atoms with E-state index in [-0.39, 0.29) is 5.60 Å². The second-order valence-corrected chi connectivity index (χ2v) is 6.42. The van der Waals surface area contributed by atoms with E-state index in [0.717, 1.165) is 0 Å². The molecule has 0 amide bonds. The average molecular weight is 241 g/mol. The van der Waals surface area contributed by atoms with Crippen LogP contribution in [0, 0.1) is 5.41 Å². The first-order valence-electron chi connectivity index (χ1n) is 7.22. The van der Waals surface area contributed by atoms with Gasteiger partial charge in [0.2, 0.25) is 0 Å². The Morgan fingerprint density at radius 2 is 1.76 bits per heavy atom. The number of hydrogen-bond acceptors (Lipinski definition) is 2. The first kappa shape index (κ1) is 15.0. The van der Waals surface area contributed by atoms with Crippen molar-refractivity contribution < 1.29 is 4.74 Å². The van der Waals surface area contributed by atoms with Crippen molar-refractivity contribution in [3.63, 3.8) is 0 Å². The van der Waals surface area contributed by atoms with E-state index in [2.05, 4.69) is 33.1 Å². The fourth-order valence-electron chi connectivity index (χ4n) is 3.12. The summed E-state index contributed by atoms with van der Waals surface area (Å²) in [6.45, 7) is 7.02. The summed E-state index contributed by atoms with van der Waals surface area (Å²) in [6, 6.07) is 0.517. The Morgan fingerprint density at radius 3 is 2.18 bits per heavy atom. The van der Waals surface area contributed by atoms with Gasteiger partial charge in [-0.1, -0.05) is 33.6 Å². The van der Waals surface area contributed by atoms with E-state index >= 15 is 0 Å². The lowest BCUT2D eigenvalue weighted by molar-refractivity contribution is -0.0867. The van der Waals surface area contributed by atoms with Gasteiger partial charge in [-0.05, 0) is 44.6 Å². The van der Waals surface area contributed by atoms with Gasteiger partial charge < -0.3 is 10.1 Å². The summed E-state index contributed by atoms with van der Waals surface area (Å²) < 4.78 is 5.96. The fraction of sp³-hybridized carbons (Fsp3) is 1.00. The molecule has 0 saturated heterocycles. The Kier molecular flexibility index (Phi) is 5.46.